The predicted molar refractivity (Wildman–Crippen MR) is 300 cm³/mol. The first-order chi connectivity index (χ1) is 34.6. The molecule has 2 unspecified atom stereocenters. The summed E-state index contributed by atoms with van der Waals surface area (Å²) in [4.78, 5) is 58.3. The number of carboxylic acids is 2. The summed E-state index contributed by atoms with van der Waals surface area (Å²) in [7, 11) is 0. The Morgan fingerprint density at radius 3 is 0.845 bits per heavy atom. The Labute approximate surface area is 438 Å². The van der Waals surface area contributed by atoms with Gasteiger partial charge in [0.05, 0.1) is 0 Å². The normalized spacial score (nSPS) is 11.9. The number of nitrogens with two attached hydrogens (primary N) is 1. The average molecular weight is 1010 g/mol. The number of hydrogen-bond acceptors (Lipinski definition) is 6. The van der Waals surface area contributed by atoms with E-state index >= 15 is 0 Å². The maximum Gasteiger partial charge on any atom is 0.326 e. The van der Waals surface area contributed by atoms with E-state index in [4.69, 9.17) is 10.8 Å². The van der Waals surface area contributed by atoms with E-state index in [9.17, 15) is 29.1 Å². The molecule has 11 heteroatoms. The Morgan fingerprint density at radius 1 is 0.324 bits per heavy atom. The van der Waals surface area contributed by atoms with E-state index in [0.29, 0.717) is 51.6 Å². The van der Waals surface area contributed by atoms with Gasteiger partial charge in [-0.05, 0) is 57.8 Å². The first-order valence-corrected chi connectivity index (χ1v) is 30.6. The van der Waals surface area contributed by atoms with E-state index < -0.39 is 24.0 Å². The van der Waals surface area contributed by atoms with Crippen LogP contribution in [0.25, 0.3) is 0 Å². The molecule has 71 heavy (non-hydrogen) atoms. The first-order valence-electron chi connectivity index (χ1n) is 30.6. The lowest BCUT2D eigenvalue weighted by molar-refractivity contribution is -0.142. The molecule has 0 saturated heterocycles. The number of rotatable bonds is 55. The zero-order valence-electron chi connectivity index (χ0n) is 47.0. The van der Waals surface area contributed by atoms with E-state index in [1.807, 2.05) is 0 Å². The summed E-state index contributed by atoms with van der Waals surface area (Å²) < 4.78 is 0. The monoisotopic (exact) mass is 1010 g/mol. The third kappa shape index (κ3) is 58.1. The number of carbonyl (C=O) groups is 5. The van der Waals surface area contributed by atoms with Crippen molar-refractivity contribution in [1.29, 1.82) is 0 Å². The van der Waals surface area contributed by atoms with Crippen LogP contribution in [0.3, 0.4) is 0 Å². The molecular weight excluding hydrogens is 889 g/mol. The second-order valence-electron chi connectivity index (χ2n) is 21.1. The van der Waals surface area contributed by atoms with Gasteiger partial charge in [0.1, 0.15) is 12.1 Å². The van der Waals surface area contributed by atoms with Crippen molar-refractivity contribution in [2.75, 3.05) is 13.1 Å². The molecule has 0 fully saturated rings. The van der Waals surface area contributed by atoms with Crippen LogP contribution >= 0.6 is 0 Å². The lowest BCUT2D eigenvalue weighted by Crippen LogP contribution is -2.40. The minimum Gasteiger partial charge on any atom is -0.480 e. The molecule has 0 aliphatic carbocycles. The summed E-state index contributed by atoms with van der Waals surface area (Å²) in [5.74, 6) is -1.89. The highest BCUT2D eigenvalue weighted by molar-refractivity contribution is 5.83. The topological polar surface area (TPSA) is 188 Å². The molecule has 0 aromatic carbocycles. The van der Waals surface area contributed by atoms with Gasteiger partial charge in [0.15, 0.2) is 0 Å². The Bertz CT molecular complexity index is 1190. The van der Waals surface area contributed by atoms with Crippen LogP contribution in [0, 0.1) is 0 Å². The predicted octanol–water partition coefficient (Wildman–Crippen LogP) is 16.0. The number of amides is 3. The van der Waals surface area contributed by atoms with Crippen molar-refractivity contribution in [1.82, 2.24) is 16.0 Å². The highest BCUT2D eigenvalue weighted by Gasteiger charge is 2.19. The summed E-state index contributed by atoms with van der Waals surface area (Å²) >= 11 is 0. The van der Waals surface area contributed by atoms with Crippen molar-refractivity contribution >= 4 is 29.7 Å². The minimum absolute atomic E-state index is 0.0916. The molecule has 0 radical (unpaired) electrons. The van der Waals surface area contributed by atoms with Crippen molar-refractivity contribution in [3.63, 3.8) is 0 Å². The van der Waals surface area contributed by atoms with Crippen LogP contribution in [0.4, 0.5) is 0 Å². The Kier molecular flexibility index (Phi) is 57.7. The fourth-order valence-electron chi connectivity index (χ4n) is 9.15. The number of nitrogens with one attached hydrogen (secondary N) is 3. The van der Waals surface area contributed by atoms with Gasteiger partial charge in [0.2, 0.25) is 17.7 Å². The van der Waals surface area contributed by atoms with Gasteiger partial charge in [-0.1, -0.05) is 252 Å². The molecule has 0 aliphatic heterocycles. The maximum absolute atomic E-state index is 12.3. The molecule has 2 atom stereocenters. The third-order valence-corrected chi connectivity index (χ3v) is 14.0. The van der Waals surface area contributed by atoms with Crippen LogP contribution in [-0.4, -0.2) is 65.0 Å². The molecule has 0 rings (SSSR count). The average Bonchev–Trinajstić information content (AvgIpc) is 3.35. The number of carboxylic acid groups (broad SMARTS) is 2. The lowest BCUT2D eigenvalue weighted by Gasteiger charge is -2.14. The Morgan fingerprint density at radius 2 is 0.577 bits per heavy atom. The molecule has 11 nitrogen and oxygen atoms in total. The standard InChI is InChI=1S/C38H74N2O4.C22H44N2O3/c1-3-5-7-9-11-13-15-17-19-21-23-25-27-32-36(41)39-34-30-29-31-35(38(43)44)40-37(42)33-28-26-24-22-20-18-16-14-12-10-8-6-4-2;1-2-3-4-5-6-7-8-9-10-11-12-13-14-18-21(25)24-19-16-15-17-20(23)22(26)27/h35H,3-34H2,1-2H3,(H,39,41)(H,40,42)(H,43,44);20H,2-19,23H2,1H3,(H,24,25)(H,26,27). The van der Waals surface area contributed by atoms with Crippen molar-refractivity contribution in [3.8, 4) is 0 Å². The van der Waals surface area contributed by atoms with Gasteiger partial charge in [-0.15, -0.1) is 0 Å². The van der Waals surface area contributed by atoms with Gasteiger partial charge in [-0.25, -0.2) is 4.79 Å². The van der Waals surface area contributed by atoms with Crippen molar-refractivity contribution < 1.29 is 34.2 Å². The van der Waals surface area contributed by atoms with Crippen LogP contribution < -0.4 is 21.7 Å². The van der Waals surface area contributed by atoms with Gasteiger partial charge >= 0.3 is 11.9 Å². The molecule has 0 aromatic rings. The van der Waals surface area contributed by atoms with Gasteiger partial charge in [0, 0.05) is 32.4 Å². The molecule has 420 valence electrons. The third-order valence-electron chi connectivity index (χ3n) is 14.0. The smallest absolute Gasteiger partial charge is 0.326 e. The molecule has 7 N–H and O–H groups in total. The second-order valence-corrected chi connectivity index (χ2v) is 21.1. The van der Waals surface area contributed by atoms with Gasteiger partial charge in [-0.3, -0.25) is 19.2 Å². The highest BCUT2D eigenvalue weighted by Crippen LogP contribution is 2.16. The molecule has 0 saturated carbocycles. The molecule has 0 bridgehead atoms. The number of hydrogen-bond donors (Lipinski definition) is 6. The summed E-state index contributed by atoms with van der Waals surface area (Å²) in [6.45, 7) is 7.96. The molecular formula is C60H118N4O7. The summed E-state index contributed by atoms with van der Waals surface area (Å²) in [6.07, 6.45) is 55.6. The van der Waals surface area contributed by atoms with E-state index in [-0.39, 0.29) is 17.7 Å². The molecule has 0 aromatic heterocycles. The molecule has 0 spiro atoms. The zero-order valence-corrected chi connectivity index (χ0v) is 47.0. The van der Waals surface area contributed by atoms with Crippen LogP contribution in [0.15, 0.2) is 0 Å². The zero-order chi connectivity index (χ0) is 52.5. The second kappa shape index (κ2) is 58.2. The van der Waals surface area contributed by atoms with Crippen molar-refractivity contribution in [3.05, 3.63) is 0 Å². The van der Waals surface area contributed by atoms with Crippen LogP contribution in [0.1, 0.15) is 329 Å². The number of unbranched alkanes of at least 4 members (excludes halogenated alkanes) is 38. The molecule has 3 amide bonds. The van der Waals surface area contributed by atoms with Crippen molar-refractivity contribution in [2.24, 2.45) is 5.73 Å². The fourth-order valence-corrected chi connectivity index (χ4v) is 9.15. The minimum atomic E-state index is -0.977. The van der Waals surface area contributed by atoms with E-state index in [0.717, 1.165) is 64.2 Å². The maximum atomic E-state index is 12.3. The Hall–Kier alpha value is -2.69. The fraction of sp³-hybridized carbons (Fsp3) is 0.917. The SMILES string of the molecule is CCCCCCCCCCCCCCCC(=O)NCCCCC(N)C(=O)O.CCCCCCCCCCCCCCCC(=O)NCCCCC(NC(=O)CCCCCCCCCCCCCCC)C(=O)O. The largest absolute Gasteiger partial charge is 0.480 e. The van der Waals surface area contributed by atoms with Crippen LogP contribution in [0.5, 0.6) is 0 Å². The summed E-state index contributed by atoms with van der Waals surface area (Å²) in [5.41, 5.74) is 5.43. The van der Waals surface area contributed by atoms with Crippen LogP contribution in [-0.2, 0) is 24.0 Å². The van der Waals surface area contributed by atoms with E-state index in [1.165, 1.54) is 205 Å². The molecule has 0 aliphatic rings. The summed E-state index contributed by atoms with van der Waals surface area (Å²) in [5, 5.41) is 26.8. The van der Waals surface area contributed by atoms with Gasteiger partial charge in [0.25, 0.3) is 0 Å². The Balaban J connectivity index is 0. The number of carbonyl (C=O) groups excluding carboxylic acids is 3. The van der Waals surface area contributed by atoms with Crippen molar-refractivity contribution in [2.45, 2.75) is 341 Å². The van der Waals surface area contributed by atoms with Gasteiger partial charge < -0.3 is 31.9 Å². The lowest BCUT2D eigenvalue weighted by atomic mass is 10.0. The number of aliphatic carboxylic acids is 2. The molecule has 0 heterocycles. The first kappa shape index (κ1) is 70.4. The summed E-state index contributed by atoms with van der Waals surface area (Å²) in [6, 6.07) is -1.63. The van der Waals surface area contributed by atoms with E-state index in [1.54, 1.807) is 0 Å². The quantitative estimate of drug-likeness (QED) is 0.0325. The van der Waals surface area contributed by atoms with Crippen LogP contribution in [0.2, 0.25) is 0 Å². The highest BCUT2D eigenvalue weighted by atomic mass is 16.4. The van der Waals surface area contributed by atoms with E-state index in [2.05, 4.69) is 36.7 Å². The van der Waals surface area contributed by atoms with Gasteiger partial charge in [-0.2, -0.15) is 0 Å².